The summed E-state index contributed by atoms with van der Waals surface area (Å²) in [6, 6.07) is 0. The van der Waals surface area contributed by atoms with Gasteiger partial charge >= 0.3 is 0 Å². The molecule has 0 heterocycles. The molecule has 0 aliphatic heterocycles. The third-order valence-electron chi connectivity index (χ3n) is 0.453. The molecule has 0 amide bonds. The summed E-state index contributed by atoms with van der Waals surface area (Å²) in [5.74, 6) is 0. The van der Waals surface area contributed by atoms with Gasteiger partial charge < -0.3 is 5.23 Å². The number of nitrogens with zero attached hydrogens (tertiary/aromatic N) is 1. The average Bonchev–Trinajstić information content (AvgIpc) is 1.61. The third-order valence-corrected chi connectivity index (χ3v) is 0.453. The van der Waals surface area contributed by atoms with Gasteiger partial charge in [0.05, 0.1) is 6.54 Å². The molecule has 0 radical (unpaired) electrons. The molecule has 0 bridgehead atoms. The maximum absolute atomic E-state index is 9.27. The van der Waals surface area contributed by atoms with E-state index in [0.717, 1.165) is 0 Å². The highest BCUT2D eigenvalue weighted by Gasteiger charge is 1.73. The van der Waals surface area contributed by atoms with E-state index in [1.807, 2.05) is 0 Å². The van der Waals surface area contributed by atoms with Gasteiger partial charge in [0.2, 0.25) is 0 Å². The molecule has 3 nitrogen and oxygen atoms in total. The van der Waals surface area contributed by atoms with Crippen molar-refractivity contribution in [1.29, 1.82) is 0 Å². The van der Waals surface area contributed by atoms with Crippen LogP contribution in [0.25, 0.3) is 0 Å². The molecule has 0 unspecified atom stereocenters. The second-order valence-electron chi connectivity index (χ2n) is 0.956. The second-order valence-corrected chi connectivity index (χ2v) is 0.956. The van der Waals surface area contributed by atoms with Crippen LogP contribution in [0.5, 0.6) is 0 Å². The van der Waals surface area contributed by atoms with Gasteiger partial charge in [0.25, 0.3) is 0 Å². The highest BCUT2D eigenvalue weighted by atomic mass is 16.3. The lowest BCUT2D eigenvalue weighted by atomic mass is 10.4. The van der Waals surface area contributed by atoms with Crippen LogP contribution < -0.4 is 5.23 Å². The molecule has 34 valence electrons. The Morgan fingerprint density at radius 3 is 2.67 bits per heavy atom. The van der Waals surface area contributed by atoms with Gasteiger partial charge in [-0.2, -0.15) is 4.91 Å². The molecule has 0 spiro atoms. The van der Waals surface area contributed by atoms with E-state index in [2.05, 4.69) is 10.4 Å². The molecule has 0 aromatic rings. The van der Waals surface area contributed by atoms with Crippen molar-refractivity contribution in [3.8, 4) is 0 Å². The maximum atomic E-state index is 9.27. The first-order valence-electron chi connectivity index (χ1n) is 1.85. The van der Waals surface area contributed by atoms with Crippen molar-refractivity contribution in [3.63, 3.8) is 0 Å². The predicted octanol–water partition coefficient (Wildman–Crippen LogP) is -1.11. The number of nitrogens with one attached hydrogen (secondary N) is 1. The summed E-state index contributed by atoms with van der Waals surface area (Å²) in [7, 11) is 1.78. The first kappa shape index (κ1) is 5.62. The Bertz CT molecular complexity index is 40.5. The van der Waals surface area contributed by atoms with Crippen LogP contribution in [0.15, 0.2) is 5.18 Å². The SMILES string of the molecule is BNCCN=O. The molecule has 0 aliphatic rings. The standard InChI is InChI=1S/C2H7BN2O/c3-4-1-2-5-6/h4H,1-3H2. The van der Waals surface area contributed by atoms with Gasteiger partial charge in [-0.15, -0.1) is 0 Å². The van der Waals surface area contributed by atoms with E-state index < -0.39 is 0 Å². The second kappa shape index (κ2) is 4.62. The summed E-state index contributed by atoms with van der Waals surface area (Å²) in [6.07, 6.45) is 0. The Morgan fingerprint density at radius 2 is 2.50 bits per heavy atom. The van der Waals surface area contributed by atoms with Gasteiger partial charge in [0.15, 0.2) is 7.98 Å². The molecule has 0 saturated carbocycles. The summed E-state index contributed by atoms with van der Waals surface area (Å²) in [5, 5.41) is 5.39. The minimum atomic E-state index is 0.372. The van der Waals surface area contributed by atoms with Gasteiger partial charge in [0.1, 0.15) is 0 Å². The fourth-order valence-electron chi connectivity index (χ4n) is 0.157. The van der Waals surface area contributed by atoms with Gasteiger partial charge in [0, 0.05) is 6.54 Å². The van der Waals surface area contributed by atoms with Crippen molar-refractivity contribution in [2.24, 2.45) is 5.18 Å². The summed E-state index contributed by atoms with van der Waals surface area (Å²) >= 11 is 0. The number of hydrogen-bond donors (Lipinski definition) is 1. The van der Waals surface area contributed by atoms with Gasteiger partial charge in [-0.3, -0.25) is 0 Å². The number of hydrogen-bond acceptors (Lipinski definition) is 3. The van der Waals surface area contributed by atoms with Crippen LogP contribution >= 0.6 is 0 Å². The van der Waals surface area contributed by atoms with E-state index in [-0.39, 0.29) is 0 Å². The number of nitroso groups, excluding NO2 is 1. The maximum Gasteiger partial charge on any atom is 0.182 e. The Hall–Kier alpha value is -0.375. The third kappa shape index (κ3) is 3.62. The Balaban J connectivity index is 2.49. The lowest BCUT2D eigenvalue weighted by molar-refractivity contribution is 0.902. The topological polar surface area (TPSA) is 41.5 Å². The highest BCUT2D eigenvalue weighted by Crippen LogP contribution is 1.57. The van der Waals surface area contributed by atoms with Crippen molar-refractivity contribution >= 4 is 7.98 Å². The zero-order chi connectivity index (χ0) is 4.83. The first-order valence-corrected chi connectivity index (χ1v) is 1.85. The van der Waals surface area contributed by atoms with Crippen LogP contribution in [0.3, 0.4) is 0 Å². The van der Waals surface area contributed by atoms with Crippen molar-refractivity contribution in [2.45, 2.75) is 0 Å². The van der Waals surface area contributed by atoms with E-state index in [1.54, 1.807) is 7.98 Å². The van der Waals surface area contributed by atoms with Crippen molar-refractivity contribution < 1.29 is 0 Å². The molecule has 0 saturated heterocycles. The van der Waals surface area contributed by atoms with Crippen molar-refractivity contribution in [1.82, 2.24) is 5.23 Å². The highest BCUT2D eigenvalue weighted by molar-refractivity contribution is 6.04. The molecule has 0 aromatic heterocycles. The monoisotopic (exact) mass is 86.1 g/mol. The lowest BCUT2D eigenvalue weighted by Gasteiger charge is -1.83. The predicted molar refractivity (Wildman–Crippen MR) is 27.2 cm³/mol. The molecule has 0 fully saturated rings. The average molecular weight is 85.9 g/mol. The van der Waals surface area contributed by atoms with Crippen LogP contribution in [0.1, 0.15) is 0 Å². The van der Waals surface area contributed by atoms with Crippen molar-refractivity contribution in [3.05, 3.63) is 4.91 Å². The largest absolute Gasteiger partial charge is 0.360 e. The Labute approximate surface area is 37.5 Å². The van der Waals surface area contributed by atoms with Crippen LogP contribution in [-0.2, 0) is 0 Å². The summed E-state index contributed by atoms with van der Waals surface area (Å²) in [6.45, 7) is 1.06. The van der Waals surface area contributed by atoms with E-state index in [0.29, 0.717) is 13.1 Å². The van der Waals surface area contributed by atoms with Crippen molar-refractivity contribution in [2.75, 3.05) is 13.1 Å². The molecule has 0 aliphatic carbocycles. The first-order chi connectivity index (χ1) is 2.91. The molecule has 0 rings (SSSR count). The van der Waals surface area contributed by atoms with E-state index in [9.17, 15) is 4.91 Å². The molecule has 0 aromatic carbocycles. The molecular formula is C2H7BN2O. The van der Waals surface area contributed by atoms with Gasteiger partial charge in [-0.25, -0.2) is 0 Å². The quantitative estimate of drug-likeness (QED) is 0.269. The minimum Gasteiger partial charge on any atom is -0.360 e. The van der Waals surface area contributed by atoms with Crippen LogP contribution in [-0.4, -0.2) is 21.1 Å². The van der Waals surface area contributed by atoms with E-state index in [4.69, 9.17) is 0 Å². The lowest BCUT2D eigenvalue weighted by Crippen LogP contribution is -2.11. The molecule has 1 N–H and O–H groups in total. The summed E-state index contributed by atoms with van der Waals surface area (Å²) in [4.78, 5) is 9.27. The van der Waals surface area contributed by atoms with Gasteiger partial charge in [-0.05, 0) is 0 Å². The minimum absolute atomic E-state index is 0.372. The molecular weight excluding hydrogens is 78.8 g/mol. The Morgan fingerprint density at radius 1 is 1.83 bits per heavy atom. The fourth-order valence-corrected chi connectivity index (χ4v) is 0.157. The van der Waals surface area contributed by atoms with E-state index in [1.165, 1.54) is 0 Å². The number of rotatable bonds is 3. The Kier molecular flexibility index (Phi) is 4.34. The van der Waals surface area contributed by atoms with Crippen LogP contribution in [0, 0.1) is 4.91 Å². The summed E-state index contributed by atoms with van der Waals surface area (Å²) < 4.78 is 0. The van der Waals surface area contributed by atoms with Gasteiger partial charge in [-0.1, -0.05) is 5.18 Å². The smallest absolute Gasteiger partial charge is 0.182 e. The molecule has 0 atom stereocenters. The van der Waals surface area contributed by atoms with Crippen LogP contribution in [0.4, 0.5) is 0 Å². The molecule has 4 heteroatoms. The van der Waals surface area contributed by atoms with E-state index >= 15 is 0 Å². The molecule has 6 heavy (non-hydrogen) atoms. The summed E-state index contributed by atoms with van der Waals surface area (Å²) in [5.41, 5.74) is 0. The fraction of sp³-hybridized carbons (Fsp3) is 1.00. The van der Waals surface area contributed by atoms with Crippen LogP contribution in [0.2, 0.25) is 0 Å². The zero-order valence-electron chi connectivity index (χ0n) is 3.77. The zero-order valence-corrected chi connectivity index (χ0v) is 3.77. The normalized spacial score (nSPS) is 8.00.